The molecule has 10 rings (SSSR count). The van der Waals surface area contributed by atoms with Crippen molar-refractivity contribution in [3.63, 3.8) is 0 Å². The fourth-order valence-electron chi connectivity index (χ4n) is 10.7. The average Bonchev–Trinajstić information content (AvgIpc) is 4.12. The van der Waals surface area contributed by atoms with Crippen LogP contribution in [0, 0.1) is 11.6 Å². The zero-order valence-electron chi connectivity index (χ0n) is 45.1. The van der Waals surface area contributed by atoms with Crippen LogP contribution in [0.4, 0.5) is 31.8 Å². The molecule has 0 bridgehead atoms. The number of pyridine rings is 2. The van der Waals surface area contributed by atoms with Crippen molar-refractivity contribution in [2.24, 2.45) is 0 Å². The quantitative estimate of drug-likeness (QED) is 0.0676. The second kappa shape index (κ2) is 22.2. The lowest BCUT2D eigenvalue weighted by Crippen LogP contribution is -2.52. The Balaban J connectivity index is 0.891. The van der Waals surface area contributed by atoms with Gasteiger partial charge in [-0.2, -0.15) is 0 Å². The lowest BCUT2D eigenvalue weighted by molar-refractivity contribution is -0.121. The molecule has 19 heteroatoms. The first kappa shape index (κ1) is 53.4. The second-order valence-electron chi connectivity index (χ2n) is 21.9. The summed E-state index contributed by atoms with van der Waals surface area (Å²) in [7, 11) is 1.83. The molecule has 2 saturated heterocycles. The molecule has 4 aliphatic rings. The average molecular weight is 1070 g/mol. The number of ether oxygens (including phenoxy) is 2. The van der Waals surface area contributed by atoms with Gasteiger partial charge in [-0.3, -0.25) is 14.6 Å². The smallest absolute Gasteiger partial charge is 0.249 e. The SMILES string of the molecule is CN(c1nc(-c2cc(OCCO)cc(-c3ccc(N4CCC[C@@H](N(C)c5nc(-c6cc(OCCO[Si](C)(C)C(C)(C)C)ccn6)nc6c5CCC6)C4=O)cc3F)n2)nc2c1CCC2)C1CCCN(c2cccc(F)c2)C1=O. The molecule has 1 unspecified atom stereocenters. The number of carbonyl (C=O) groups is 2. The number of amides is 2. The maximum Gasteiger partial charge on any atom is 0.249 e. The van der Waals surface area contributed by atoms with Gasteiger partial charge in [-0.15, -0.1) is 0 Å². The van der Waals surface area contributed by atoms with Crippen LogP contribution in [-0.4, -0.2) is 121 Å². The highest BCUT2D eigenvalue weighted by Gasteiger charge is 2.39. The van der Waals surface area contributed by atoms with Gasteiger partial charge in [-0.25, -0.2) is 33.7 Å². The summed E-state index contributed by atoms with van der Waals surface area (Å²) in [6, 6.07) is 16.6. The van der Waals surface area contributed by atoms with Gasteiger partial charge in [0.15, 0.2) is 20.0 Å². The minimum absolute atomic E-state index is 0.0199. The molecule has 16 nitrogen and oxygen atoms in total. The minimum atomic E-state index is -1.92. The maximum absolute atomic E-state index is 16.8. The van der Waals surface area contributed by atoms with Crippen LogP contribution >= 0.6 is 0 Å². The third-order valence-corrected chi connectivity index (χ3v) is 20.4. The largest absolute Gasteiger partial charge is 0.491 e. The Morgan fingerprint density at radius 1 is 0.662 bits per heavy atom. The zero-order chi connectivity index (χ0) is 54.2. The molecule has 6 aromatic rings. The number of anilines is 4. The van der Waals surface area contributed by atoms with Gasteiger partial charge in [-0.05, 0) is 125 Å². The fourth-order valence-corrected chi connectivity index (χ4v) is 11.7. The van der Waals surface area contributed by atoms with E-state index in [2.05, 4.69) is 38.8 Å². The van der Waals surface area contributed by atoms with Gasteiger partial charge in [0.05, 0.1) is 18.9 Å². The molecule has 2 fully saturated rings. The third-order valence-electron chi connectivity index (χ3n) is 15.9. The van der Waals surface area contributed by atoms with Gasteiger partial charge in [0.1, 0.15) is 71.5 Å². The summed E-state index contributed by atoms with van der Waals surface area (Å²) in [6.45, 7) is 12.6. The monoisotopic (exact) mass is 1070 g/mol. The van der Waals surface area contributed by atoms with Gasteiger partial charge in [0, 0.05) is 91.0 Å². The molecule has 77 heavy (non-hydrogen) atoms. The van der Waals surface area contributed by atoms with Gasteiger partial charge < -0.3 is 38.6 Å². The van der Waals surface area contributed by atoms with Crippen molar-refractivity contribution in [3.05, 3.63) is 107 Å². The van der Waals surface area contributed by atoms with E-state index in [-0.39, 0.29) is 47.1 Å². The third kappa shape index (κ3) is 11.1. The summed E-state index contributed by atoms with van der Waals surface area (Å²) in [5.74, 6) is 1.66. The number of aryl methyl sites for hydroxylation is 2. The molecule has 2 atom stereocenters. The molecule has 0 spiro atoms. The molecular formula is C58H68F2N10O6Si. The van der Waals surface area contributed by atoms with Crippen molar-refractivity contribution in [2.45, 2.75) is 115 Å². The number of hydrogen-bond acceptors (Lipinski definition) is 14. The number of benzene rings is 2. The molecule has 6 heterocycles. The zero-order valence-corrected chi connectivity index (χ0v) is 46.1. The Bertz CT molecular complexity index is 3190. The molecular weight excluding hydrogens is 999 g/mol. The van der Waals surface area contributed by atoms with Crippen LogP contribution in [0.25, 0.3) is 34.3 Å². The number of hydrogen-bond donors (Lipinski definition) is 1. The Morgan fingerprint density at radius 2 is 1.25 bits per heavy atom. The molecule has 4 aromatic heterocycles. The first-order valence-corrected chi connectivity index (χ1v) is 29.8. The highest BCUT2D eigenvalue weighted by Crippen LogP contribution is 2.39. The van der Waals surface area contributed by atoms with E-state index in [1.807, 2.05) is 36.0 Å². The van der Waals surface area contributed by atoms with Crippen molar-refractivity contribution in [1.82, 2.24) is 29.9 Å². The van der Waals surface area contributed by atoms with Crippen LogP contribution in [0.5, 0.6) is 11.5 Å². The lowest BCUT2D eigenvalue weighted by atomic mass is 10.0. The van der Waals surface area contributed by atoms with E-state index in [9.17, 15) is 19.1 Å². The number of aromatic nitrogens is 6. The first-order valence-electron chi connectivity index (χ1n) is 26.9. The van der Waals surface area contributed by atoms with Crippen molar-refractivity contribution in [3.8, 4) is 45.8 Å². The number of carbonyl (C=O) groups excluding carboxylic acids is 2. The van der Waals surface area contributed by atoms with Crippen LogP contribution < -0.4 is 29.1 Å². The molecule has 0 radical (unpaired) electrons. The van der Waals surface area contributed by atoms with Crippen LogP contribution in [-0.2, 0) is 39.7 Å². The van der Waals surface area contributed by atoms with E-state index in [0.717, 1.165) is 54.6 Å². The topological polar surface area (TPSA) is 172 Å². The van der Waals surface area contributed by atoms with E-state index in [1.165, 1.54) is 18.2 Å². The predicted molar refractivity (Wildman–Crippen MR) is 295 cm³/mol. The maximum atomic E-state index is 16.8. The standard InChI is InChI=1S/C58H68F2N10O6Si/c1-58(2,3)77(6,7)76-30-29-75-39-23-24-61-48(33-39)52-63-45-17-9-15-42(45)54(65-52)67(4)51-20-12-26-70(57(51)73)38-21-22-41(44(60)32-38)47-34-40(74-28-27-71)35-49(62-47)53-64-46-18-10-16-43(46)55(66-53)68(5)50-19-11-25-69(56(50)72)37-14-8-13-36(59)31-37/h8,13-14,21-24,31-35,50-51,71H,9-12,15-20,25-30H2,1-7H3/t50?,51-/m1/s1. The number of rotatable bonds is 17. The van der Waals surface area contributed by atoms with Crippen LogP contribution in [0.1, 0.15) is 81.8 Å². The number of piperidine rings is 2. The van der Waals surface area contributed by atoms with Crippen LogP contribution in [0.2, 0.25) is 18.1 Å². The highest BCUT2D eigenvalue weighted by atomic mass is 28.4. The number of nitrogens with zero attached hydrogens (tertiary/aromatic N) is 10. The number of fused-ring (bicyclic) bond motifs is 2. The van der Waals surface area contributed by atoms with Crippen LogP contribution in [0.15, 0.2) is 72.9 Å². The van der Waals surface area contributed by atoms with Gasteiger partial charge in [-0.1, -0.05) is 26.8 Å². The molecule has 2 aliphatic heterocycles. The highest BCUT2D eigenvalue weighted by molar-refractivity contribution is 6.74. The summed E-state index contributed by atoms with van der Waals surface area (Å²) in [4.78, 5) is 65.5. The lowest BCUT2D eigenvalue weighted by Gasteiger charge is -2.38. The van der Waals surface area contributed by atoms with Gasteiger partial charge >= 0.3 is 0 Å². The number of aliphatic hydroxyl groups excluding tert-OH is 1. The summed E-state index contributed by atoms with van der Waals surface area (Å²) >= 11 is 0. The molecule has 2 amide bonds. The Morgan fingerprint density at radius 3 is 1.84 bits per heavy atom. The van der Waals surface area contributed by atoms with E-state index in [4.69, 9.17) is 38.8 Å². The molecule has 2 aromatic carbocycles. The van der Waals surface area contributed by atoms with Crippen molar-refractivity contribution in [2.75, 3.05) is 73.2 Å². The number of aliphatic hydroxyl groups is 1. The van der Waals surface area contributed by atoms with E-state index in [0.29, 0.717) is 110 Å². The van der Waals surface area contributed by atoms with E-state index < -0.39 is 32.0 Å². The summed E-state index contributed by atoms with van der Waals surface area (Å²) < 4.78 is 49.4. The molecule has 0 saturated carbocycles. The first-order chi connectivity index (χ1) is 37.0. The number of likely N-dealkylation sites (N-methyl/N-ethyl adjacent to an activating group) is 2. The van der Waals surface area contributed by atoms with Crippen molar-refractivity contribution >= 4 is 43.1 Å². The second-order valence-corrected chi connectivity index (χ2v) is 26.7. The van der Waals surface area contributed by atoms with Gasteiger partial charge in [0.2, 0.25) is 11.8 Å². The molecule has 404 valence electrons. The fraction of sp³-hybridized carbons (Fsp3) is 0.448. The van der Waals surface area contributed by atoms with Gasteiger partial charge in [0.25, 0.3) is 0 Å². The summed E-state index contributed by atoms with van der Waals surface area (Å²) in [5, 5.41) is 9.83. The number of halogens is 2. The Hall–Kier alpha value is -6.96. The minimum Gasteiger partial charge on any atom is -0.491 e. The van der Waals surface area contributed by atoms with Crippen molar-refractivity contribution in [1.29, 1.82) is 0 Å². The molecule has 2 aliphatic carbocycles. The Kier molecular flexibility index (Phi) is 15.4. The van der Waals surface area contributed by atoms with Crippen LogP contribution in [0.3, 0.4) is 0 Å². The molecule has 1 N–H and O–H groups in total. The predicted octanol–water partition coefficient (Wildman–Crippen LogP) is 9.35. The summed E-state index contributed by atoms with van der Waals surface area (Å²) in [5.41, 5.74) is 5.96. The van der Waals surface area contributed by atoms with E-state index in [1.54, 1.807) is 52.4 Å². The van der Waals surface area contributed by atoms with E-state index >= 15 is 4.39 Å². The van der Waals surface area contributed by atoms with Crippen molar-refractivity contribution < 1.29 is 37.4 Å². The normalized spacial score (nSPS) is 17.6. The Labute approximate surface area is 450 Å². The summed E-state index contributed by atoms with van der Waals surface area (Å²) in [6.07, 6.45) is 9.04.